The third kappa shape index (κ3) is 3.94. The van der Waals surface area contributed by atoms with Crippen LogP contribution in [-0.2, 0) is 0 Å². The number of hydrogen-bond donors (Lipinski definition) is 2. The van der Waals surface area contributed by atoms with Crippen molar-refractivity contribution in [1.29, 1.82) is 0 Å². The van der Waals surface area contributed by atoms with Crippen molar-refractivity contribution in [3.05, 3.63) is 18.0 Å². The average Bonchev–Trinajstić information content (AvgIpc) is 2.29. The molecule has 5 heteroatoms. The number of anilines is 1. The molecule has 94 valence electrons. The number of nitrogens with zero attached hydrogens (tertiary/aromatic N) is 3. The van der Waals surface area contributed by atoms with Gasteiger partial charge < -0.3 is 15.5 Å². The van der Waals surface area contributed by atoms with Crippen LogP contribution in [0.5, 0.6) is 0 Å². The lowest BCUT2D eigenvalue weighted by molar-refractivity contribution is 0.234. The minimum absolute atomic E-state index is 0.575. The number of likely N-dealkylation sites (N-methyl/N-ethyl adjacent to an activating group) is 1. The number of nitrogens with one attached hydrogen (secondary N) is 2. The van der Waals surface area contributed by atoms with Gasteiger partial charge in [-0.2, -0.15) is 0 Å². The molecule has 17 heavy (non-hydrogen) atoms. The van der Waals surface area contributed by atoms with E-state index in [2.05, 4.69) is 32.5 Å². The highest BCUT2D eigenvalue weighted by atomic mass is 15.2. The molecular formula is C12H21N5. The summed E-state index contributed by atoms with van der Waals surface area (Å²) in [4.78, 5) is 10.9. The normalized spacial score (nSPS) is 21.4. The zero-order valence-electron chi connectivity index (χ0n) is 10.6. The highest BCUT2D eigenvalue weighted by molar-refractivity contribution is 5.24. The van der Waals surface area contributed by atoms with E-state index in [1.165, 1.54) is 0 Å². The van der Waals surface area contributed by atoms with Crippen LogP contribution in [0.2, 0.25) is 0 Å². The van der Waals surface area contributed by atoms with Crippen LogP contribution in [0.15, 0.2) is 12.3 Å². The van der Waals surface area contributed by atoms with E-state index in [1.54, 1.807) is 6.20 Å². The summed E-state index contributed by atoms with van der Waals surface area (Å²) < 4.78 is 0. The Morgan fingerprint density at radius 3 is 3.24 bits per heavy atom. The molecule has 0 aliphatic carbocycles. The lowest BCUT2D eigenvalue weighted by Crippen LogP contribution is -2.49. The van der Waals surface area contributed by atoms with Crippen molar-refractivity contribution in [2.75, 3.05) is 38.5 Å². The zero-order valence-corrected chi connectivity index (χ0v) is 10.6. The maximum Gasteiger partial charge on any atom is 0.222 e. The molecule has 0 radical (unpaired) electrons. The van der Waals surface area contributed by atoms with Crippen molar-refractivity contribution in [1.82, 2.24) is 20.2 Å². The van der Waals surface area contributed by atoms with Crippen LogP contribution in [0.1, 0.15) is 12.1 Å². The van der Waals surface area contributed by atoms with Crippen LogP contribution in [0.3, 0.4) is 0 Å². The molecule has 1 aromatic heterocycles. The van der Waals surface area contributed by atoms with E-state index in [1.807, 2.05) is 13.0 Å². The molecule has 5 nitrogen and oxygen atoms in total. The predicted octanol–water partition coefficient (Wildman–Crippen LogP) is 0.491. The smallest absolute Gasteiger partial charge is 0.222 e. The Kier molecular flexibility index (Phi) is 4.28. The van der Waals surface area contributed by atoms with E-state index >= 15 is 0 Å². The molecule has 0 spiro atoms. The fourth-order valence-corrected chi connectivity index (χ4v) is 2.08. The molecule has 1 aliphatic heterocycles. The molecule has 0 bridgehead atoms. The molecule has 1 saturated heterocycles. The van der Waals surface area contributed by atoms with Crippen LogP contribution < -0.4 is 10.6 Å². The Labute approximate surface area is 103 Å². The van der Waals surface area contributed by atoms with E-state index in [9.17, 15) is 0 Å². The Hall–Kier alpha value is -1.20. The molecule has 1 unspecified atom stereocenters. The van der Waals surface area contributed by atoms with Gasteiger partial charge in [0, 0.05) is 44.1 Å². The number of rotatable bonds is 4. The fourth-order valence-electron chi connectivity index (χ4n) is 2.08. The predicted molar refractivity (Wildman–Crippen MR) is 69.2 cm³/mol. The van der Waals surface area contributed by atoms with Crippen molar-refractivity contribution in [2.45, 2.75) is 19.4 Å². The molecule has 2 N–H and O–H groups in total. The summed E-state index contributed by atoms with van der Waals surface area (Å²) in [5.41, 5.74) is 0.998. The SMILES string of the molecule is Cc1ccnc(NCCC2CN(C)CCN2)n1. The summed E-state index contributed by atoms with van der Waals surface area (Å²) in [5, 5.41) is 6.79. The Morgan fingerprint density at radius 1 is 1.59 bits per heavy atom. The van der Waals surface area contributed by atoms with Crippen LogP contribution in [-0.4, -0.2) is 54.1 Å². The molecule has 1 aliphatic rings. The topological polar surface area (TPSA) is 53.1 Å². The number of piperazine rings is 1. The van der Waals surface area contributed by atoms with Gasteiger partial charge in [-0.1, -0.05) is 0 Å². The minimum Gasteiger partial charge on any atom is -0.354 e. The van der Waals surface area contributed by atoms with Gasteiger partial charge in [-0.3, -0.25) is 0 Å². The minimum atomic E-state index is 0.575. The van der Waals surface area contributed by atoms with Gasteiger partial charge in [0.1, 0.15) is 0 Å². The van der Waals surface area contributed by atoms with Gasteiger partial charge in [-0.15, -0.1) is 0 Å². The second kappa shape index (κ2) is 5.93. The molecule has 0 aromatic carbocycles. The summed E-state index contributed by atoms with van der Waals surface area (Å²) in [7, 11) is 2.17. The van der Waals surface area contributed by atoms with Gasteiger partial charge in [0.15, 0.2) is 0 Å². The van der Waals surface area contributed by atoms with Gasteiger partial charge in [0.2, 0.25) is 5.95 Å². The second-order valence-electron chi connectivity index (χ2n) is 4.65. The van der Waals surface area contributed by atoms with Crippen LogP contribution >= 0.6 is 0 Å². The molecular weight excluding hydrogens is 214 g/mol. The van der Waals surface area contributed by atoms with E-state index < -0.39 is 0 Å². The monoisotopic (exact) mass is 235 g/mol. The molecule has 1 fully saturated rings. The first-order valence-electron chi connectivity index (χ1n) is 6.19. The quantitative estimate of drug-likeness (QED) is 0.795. The van der Waals surface area contributed by atoms with Gasteiger partial charge in [-0.25, -0.2) is 9.97 Å². The third-order valence-electron chi connectivity index (χ3n) is 3.03. The van der Waals surface area contributed by atoms with Crippen molar-refractivity contribution < 1.29 is 0 Å². The summed E-state index contributed by atoms with van der Waals surface area (Å²) in [5.74, 6) is 0.731. The summed E-state index contributed by atoms with van der Waals surface area (Å²) in [6.07, 6.45) is 2.89. The first kappa shape index (κ1) is 12.3. The maximum atomic E-state index is 4.32. The van der Waals surface area contributed by atoms with E-state index in [0.717, 1.165) is 44.2 Å². The summed E-state index contributed by atoms with van der Waals surface area (Å²) in [6, 6.07) is 2.48. The van der Waals surface area contributed by atoms with Gasteiger partial charge >= 0.3 is 0 Å². The van der Waals surface area contributed by atoms with E-state index in [4.69, 9.17) is 0 Å². The zero-order chi connectivity index (χ0) is 12.1. The number of aromatic nitrogens is 2. The van der Waals surface area contributed by atoms with Crippen LogP contribution in [0, 0.1) is 6.92 Å². The maximum absolute atomic E-state index is 4.32. The third-order valence-corrected chi connectivity index (χ3v) is 3.03. The number of hydrogen-bond acceptors (Lipinski definition) is 5. The fraction of sp³-hybridized carbons (Fsp3) is 0.667. The van der Waals surface area contributed by atoms with E-state index in [-0.39, 0.29) is 0 Å². The molecule has 0 saturated carbocycles. The molecule has 2 rings (SSSR count). The highest BCUT2D eigenvalue weighted by Gasteiger charge is 2.15. The first-order valence-corrected chi connectivity index (χ1v) is 6.19. The Bertz CT molecular complexity index is 355. The molecule has 1 aromatic rings. The second-order valence-corrected chi connectivity index (χ2v) is 4.65. The van der Waals surface area contributed by atoms with Gasteiger partial charge in [0.25, 0.3) is 0 Å². The van der Waals surface area contributed by atoms with Crippen LogP contribution in [0.4, 0.5) is 5.95 Å². The molecule has 1 atom stereocenters. The summed E-state index contributed by atoms with van der Waals surface area (Å²) >= 11 is 0. The lowest BCUT2D eigenvalue weighted by Gasteiger charge is -2.30. The highest BCUT2D eigenvalue weighted by Crippen LogP contribution is 2.03. The van der Waals surface area contributed by atoms with Crippen molar-refractivity contribution in [3.63, 3.8) is 0 Å². The summed E-state index contributed by atoms with van der Waals surface area (Å²) in [6.45, 7) is 6.24. The van der Waals surface area contributed by atoms with Crippen molar-refractivity contribution >= 4 is 5.95 Å². The van der Waals surface area contributed by atoms with Gasteiger partial charge in [0.05, 0.1) is 0 Å². The average molecular weight is 235 g/mol. The van der Waals surface area contributed by atoms with E-state index in [0.29, 0.717) is 6.04 Å². The number of aryl methyl sites for hydroxylation is 1. The lowest BCUT2D eigenvalue weighted by atomic mass is 10.1. The van der Waals surface area contributed by atoms with Gasteiger partial charge in [-0.05, 0) is 26.5 Å². The van der Waals surface area contributed by atoms with Crippen LogP contribution in [0.25, 0.3) is 0 Å². The van der Waals surface area contributed by atoms with Crippen molar-refractivity contribution in [2.24, 2.45) is 0 Å². The van der Waals surface area contributed by atoms with Crippen molar-refractivity contribution in [3.8, 4) is 0 Å². The first-order chi connectivity index (χ1) is 8.24. The molecule has 0 amide bonds. The molecule has 2 heterocycles. The largest absolute Gasteiger partial charge is 0.354 e. The Balaban J connectivity index is 1.72. The Morgan fingerprint density at radius 2 is 2.47 bits per heavy atom. The standard InChI is InChI=1S/C12H21N5/c1-10-3-5-14-12(16-10)15-6-4-11-9-17(2)8-7-13-11/h3,5,11,13H,4,6-9H2,1-2H3,(H,14,15,16).